The van der Waals surface area contributed by atoms with Gasteiger partial charge >= 0.3 is 0 Å². The molecule has 0 saturated heterocycles. The lowest BCUT2D eigenvalue weighted by Crippen LogP contribution is -2.20. The smallest absolute Gasteiger partial charge is 0.274 e. The summed E-state index contributed by atoms with van der Waals surface area (Å²) in [6.07, 6.45) is 13.3. The van der Waals surface area contributed by atoms with Crippen LogP contribution in [0.4, 0.5) is 17.3 Å². The quantitative estimate of drug-likeness (QED) is 0.208. The summed E-state index contributed by atoms with van der Waals surface area (Å²) in [6.45, 7) is 2.05. The molecule has 1 aliphatic carbocycles. The summed E-state index contributed by atoms with van der Waals surface area (Å²) in [5.74, 6) is 0.553. The van der Waals surface area contributed by atoms with Crippen LogP contribution in [-0.4, -0.2) is 38.4 Å². The number of nitrogens with one attached hydrogen (secondary N) is 1. The Morgan fingerprint density at radius 2 is 1.97 bits per heavy atom. The van der Waals surface area contributed by atoms with E-state index in [1.54, 1.807) is 55.2 Å². The van der Waals surface area contributed by atoms with Gasteiger partial charge in [-0.2, -0.15) is 10.1 Å². The molecule has 1 N–H and O–H groups in total. The van der Waals surface area contributed by atoms with Crippen LogP contribution in [0.25, 0.3) is 11.1 Å². The number of carbonyl (C=O) groups excluding carboxylic acids is 2. The highest BCUT2D eigenvalue weighted by atomic mass is 32.1. The van der Waals surface area contributed by atoms with Crippen molar-refractivity contribution in [2.24, 2.45) is 12.1 Å². The molecule has 4 aromatic heterocycles. The van der Waals surface area contributed by atoms with Crippen molar-refractivity contribution in [3.05, 3.63) is 79.9 Å². The number of hydrazone groups is 1. The van der Waals surface area contributed by atoms with E-state index >= 15 is 0 Å². The minimum absolute atomic E-state index is 0.102. The highest BCUT2D eigenvalue weighted by Gasteiger charge is 2.20. The molecule has 0 unspecified atom stereocenters. The maximum absolute atomic E-state index is 12.8. The number of nitrogens with zero attached hydrogens (tertiary/aromatic N) is 6. The Bertz CT molecular complexity index is 1590. The molecule has 0 spiro atoms. The lowest BCUT2D eigenvalue weighted by Gasteiger charge is -2.16. The predicted octanol–water partition coefficient (Wildman–Crippen LogP) is 4.04. The number of rotatable bonds is 8. The van der Waals surface area contributed by atoms with Crippen molar-refractivity contribution in [2.75, 3.05) is 10.3 Å². The van der Waals surface area contributed by atoms with E-state index in [-0.39, 0.29) is 22.6 Å². The zero-order valence-corrected chi connectivity index (χ0v) is 21.7. The number of thiophene rings is 1. The van der Waals surface area contributed by atoms with Crippen LogP contribution in [-0.2, 0) is 24.7 Å². The molecule has 0 bridgehead atoms. The summed E-state index contributed by atoms with van der Waals surface area (Å²) in [5.41, 5.74) is 3.56. The number of aldehydes is 1. The highest BCUT2D eigenvalue weighted by molar-refractivity contribution is 7.12. The normalized spacial score (nSPS) is 12.8. The summed E-state index contributed by atoms with van der Waals surface area (Å²) >= 11 is 1.77. The third-order valence-electron chi connectivity index (χ3n) is 6.45. The van der Waals surface area contributed by atoms with Crippen molar-refractivity contribution in [2.45, 2.75) is 32.6 Å². The summed E-state index contributed by atoms with van der Waals surface area (Å²) in [6, 6.07) is 4.93. The maximum atomic E-state index is 12.8. The minimum atomic E-state index is -0.275. The lowest BCUT2D eigenvalue weighted by molar-refractivity contribution is -0.107. The zero-order valence-electron chi connectivity index (χ0n) is 20.9. The first kappa shape index (κ1) is 25.2. The first-order chi connectivity index (χ1) is 18.5. The number of aryl methyl sites for hydroxylation is 3. The van der Waals surface area contributed by atoms with Gasteiger partial charge in [0.1, 0.15) is 17.8 Å². The third-order valence-corrected chi connectivity index (χ3v) is 7.67. The summed E-state index contributed by atoms with van der Waals surface area (Å²) in [5, 5.41) is 8.48. The van der Waals surface area contributed by atoms with Gasteiger partial charge in [0.2, 0.25) is 6.41 Å². The maximum Gasteiger partial charge on any atom is 0.274 e. The summed E-state index contributed by atoms with van der Waals surface area (Å²) in [4.78, 5) is 52.0. The van der Waals surface area contributed by atoms with E-state index in [2.05, 4.69) is 32.3 Å². The van der Waals surface area contributed by atoms with Crippen molar-refractivity contribution < 1.29 is 9.59 Å². The Hall–Kier alpha value is -4.51. The second-order valence-corrected chi connectivity index (χ2v) is 10.2. The molecule has 11 heteroatoms. The van der Waals surface area contributed by atoms with Crippen molar-refractivity contribution >= 4 is 47.6 Å². The molecule has 4 aromatic rings. The van der Waals surface area contributed by atoms with Gasteiger partial charge in [0, 0.05) is 46.5 Å². The van der Waals surface area contributed by atoms with Crippen molar-refractivity contribution in [1.29, 1.82) is 0 Å². The van der Waals surface area contributed by atoms with Gasteiger partial charge in [-0.05, 0) is 61.9 Å². The van der Waals surface area contributed by atoms with E-state index in [9.17, 15) is 14.4 Å². The topological polar surface area (TPSA) is 122 Å². The van der Waals surface area contributed by atoms with E-state index in [0.29, 0.717) is 29.6 Å². The SMILES string of the molecule is Cc1sc2c(c1/C=N\N(C=O)c1nccc(-c3cc(Nc4ccncn4)c(=O)n(C)c3)c1C=O)CCCC2. The fourth-order valence-corrected chi connectivity index (χ4v) is 5.85. The van der Waals surface area contributed by atoms with Crippen molar-refractivity contribution in [3.63, 3.8) is 0 Å². The number of hydrogen-bond acceptors (Lipinski definition) is 9. The van der Waals surface area contributed by atoms with Crippen molar-refractivity contribution in [1.82, 2.24) is 19.5 Å². The monoisotopic (exact) mass is 527 g/mol. The van der Waals surface area contributed by atoms with Gasteiger partial charge in [-0.3, -0.25) is 14.4 Å². The van der Waals surface area contributed by atoms with E-state index in [1.165, 1.54) is 34.0 Å². The van der Waals surface area contributed by atoms with E-state index in [1.807, 2.05) is 0 Å². The molecule has 0 fully saturated rings. The molecule has 192 valence electrons. The molecule has 5 rings (SSSR count). The van der Waals surface area contributed by atoms with Gasteiger partial charge in [-0.15, -0.1) is 11.3 Å². The Balaban J connectivity index is 1.53. The van der Waals surface area contributed by atoms with E-state index < -0.39 is 0 Å². The van der Waals surface area contributed by atoms with Crippen LogP contribution in [0.1, 0.15) is 44.1 Å². The largest absolute Gasteiger partial charge is 0.336 e. The summed E-state index contributed by atoms with van der Waals surface area (Å²) < 4.78 is 1.41. The van der Waals surface area contributed by atoms with Gasteiger partial charge < -0.3 is 9.88 Å². The number of anilines is 3. The van der Waals surface area contributed by atoms with Crippen molar-refractivity contribution in [3.8, 4) is 11.1 Å². The molecule has 1 aliphatic rings. The fraction of sp³-hybridized carbons (Fsp3) is 0.222. The molecule has 38 heavy (non-hydrogen) atoms. The number of aromatic nitrogens is 4. The van der Waals surface area contributed by atoms with Crippen LogP contribution in [0.5, 0.6) is 0 Å². The van der Waals surface area contributed by atoms with Gasteiger partial charge in [0.15, 0.2) is 12.1 Å². The molecule has 4 heterocycles. The standard InChI is InChI=1S/C27H25N7O3S/c1-17-21(20-5-3-4-6-24(20)38-17)12-31-34(16-36)26-22(14-35)19(7-10-29-26)18-11-23(27(37)33(2)13-18)32-25-8-9-28-15-30-25/h7-16H,3-6H2,1-2H3,(H,28,30,32)/b31-12-. The first-order valence-electron chi connectivity index (χ1n) is 12.1. The Labute approximate surface area is 222 Å². The van der Waals surface area contributed by atoms with E-state index in [4.69, 9.17) is 0 Å². The average molecular weight is 528 g/mol. The van der Waals surface area contributed by atoms with E-state index in [0.717, 1.165) is 34.7 Å². The molecule has 10 nitrogen and oxygen atoms in total. The first-order valence-corrected chi connectivity index (χ1v) is 12.9. The number of carbonyl (C=O) groups is 2. The average Bonchev–Trinajstić information content (AvgIpc) is 3.26. The van der Waals surface area contributed by atoms with Crippen LogP contribution in [0.15, 0.2) is 53.0 Å². The highest BCUT2D eigenvalue weighted by Crippen LogP contribution is 2.33. The lowest BCUT2D eigenvalue weighted by atomic mass is 9.95. The Morgan fingerprint density at radius 3 is 2.74 bits per heavy atom. The predicted molar refractivity (Wildman–Crippen MR) is 147 cm³/mol. The van der Waals surface area contributed by atoms with Gasteiger partial charge in [0.25, 0.3) is 5.56 Å². The number of hydrogen-bond donors (Lipinski definition) is 1. The zero-order chi connectivity index (χ0) is 26.6. The number of amides is 1. The number of pyridine rings is 2. The third kappa shape index (κ3) is 4.88. The Morgan fingerprint density at radius 1 is 1.13 bits per heavy atom. The van der Waals surface area contributed by atoms with Crippen LogP contribution in [0.3, 0.4) is 0 Å². The molecular weight excluding hydrogens is 502 g/mol. The molecule has 0 aromatic carbocycles. The van der Waals surface area contributed by atoms with Crippen LogP contribution >= 0.6 is 11.3 Å². The second-order valence-electron chi connectivity index (χ2n) is 8.87. The van der Waals surface area contributed by atoms with Gasteiger partial charge in [-0.1, -0.05) is 0 Å². The molecule has 0 atom stereocenters. The van der Waals surface area contributed by atoms with Crippen LogP contribution in [0.2, 0.25) is 0 Å². The number of fused-ring (bicyclic) bond motifs is 1. The van der Waals surface area contributed by atoms with Gasteiger partial charge in [0.05, 0.1) is 11.8 Å². The molecule has 0 radical (unpaired) electrons. The summed E-state index contributed by atoms with van der Waals surface area (Å²) in [7, 11) is 1.62. The molecular formula is C27H25N7O3S. The Kier molecular flexibility index (Phi) is 7.18. The fourth-order valence-electron chi connectivity index (χ4n) is 4.61. The second kappa shape index (κ2) is 10.9. The molecule has 1 amide bonds. The molecule has 0 aliphatic heterocycles. The van der Waals surface area contributed by atoms with Crippen LogP contribution in [0, 0.1) is 6.92 Å². The van der Waals surface area contributed by atoms with Crippen LogP contribution < -0.4 is 15.9 Å². The minimum Gasteiger partial charge on any atom is -0.336 e. The van der Waals surface area contributed by atoms with Gasteiger partial charge in [-0.25, -0.2) is 15.0 Å². The molecule has 0 saturated carbocycles.